The fourth-order valence-electron chi connectivity index (χ4n) is 1.99. The van der Waals surface area contributed by atoms with E-state index in [4.69, 9.17) is 5.11 Å². The summed E-state index contributed by atoms with van der Waals surface area (Å²) < 4.78 is 38.6. The van der Waals surface area contributed by atoms with E-state index in [1.807, 2.05) is 0 Å². The highest BCUT2D eigenvalue weighted by Gasteiger charge is 2.49. The van der Waals surface area contributed by atoms with Crippen LogP contribution in [0, 0.1) is 5.92 Å². The number of hydrogen-bond acceptors (Lipinski definition) is 4. The molecule has 0 spiro atoms. The summed E-state index contributed by atoms with van der Waals surface area (Å²) in [5.41, 5.74) is 0. The zero-order valence-electron chi connectivity index (χ0n) is 10.6. The van der Waals surface area contributed by atoms with Crippen molar-refractivity contribution in [2.45, 2.75) is 32.0 Å². The average molecular weight is 313 g/mol. The molecule has 1 unspecified atom stereocenters. The summed E-state index contributed by atoms with van der Waals surface area (Å²) in [5.74, 6) is -5.65. The molecule has 0 aromatic carbocycles. The average Bonchev–Trinajstić information content (AvgIpc) is 2.75. The number of carbonyl (C=O) groups excluding carboxylic acids is 2. The summed E-state index contributed by atoms with van der Waals surface area (Å²) >= 11 is 0.409. The highest BCUT2D eigenvalue weighted by Crippen LogP contribution is 2.33. The van der Waals surface area contributed by atoms with Gasteiger partial charge in [0.15, 0.2) is 5.12 Å². The first-order valence-electron chi connectivity index (χ1n) is 5.88. The van der Waals surface area contributed by atoms with E-state index in [2.05, 4.69) is 0 Å². The van der Waals surface area contributed by atoms with Crippen molar-refractivity contribution in [2.75, 3.05) is 12.3 Å². The van der Waals surface area contributed by atoms with Crippen molar-refractivity contribution >= 4 is 28.8 Å². The molecule has 2 atom stereocenters. The van der Waals surface area contributed by atoms with Crippen LogP contribution in [0.3, 0.4) is 0 Å². The number of rotatable bonds is 4. The smallest absolute Gasteiger partial charge is 0.401 e. The van der Waals surface area contributed by atoms with Crippen molar-refractivity contribution in [3.05, 3.63) is 0 Å². The number of nitrogens with zero attached hydrogens (tertiary/aromatic N) is 1. The van der Waals surface area contributed by atoms with Gasteiger partial charge in [0, 0.05) is 19.2 Å². The molecule has 1 saturated heterocycles. The second-order valence-corrected chi connectivity index (χ2v) is 5.62. The first kappa shape index (κ1) is 16.8. The highest BCUT2D eigenvalue weighted by molar-refractivity contribution is 8.13. The SMILES string of the molecule is CC(=O)SCC(C(=O)N1CCC[C@H]1C(=O)O)C(F)(F)F. The minimum atomic E-state index is -4.80. The third-order valence-corrected chi connectivity index (χ3v) is 3.87. The quantitative estimate of drug-likeness (QED) is 0.852. The minimum Gasteiger partial charge on any atom is -0.480 e. The number of amides is 1. The number of likely N-dealkylation sites (tertiary alicyclic amines) is 1. The van der Waals surface area contributed by atoms with Crippen LogP contribution in [0.1, 0.15) is 19.8 Å². The maximum atomic E-state index is 12.9. The van der Waals surface area contributed by atoms with Crippen LogP contribution < -0.4 is 0 Å². The molecular formula is C11H14F3NO4S. The molecule has 0 radical (unpaired) electrons. The van der Waals surface area contributed by atoms with E-state index >= 15 is 0 Å². The lowest BCUT2D eigenvalue weighted by atomic mass is 10.1. The fourth-order valence-corrected chi connectivity index (χ4v) is 2.73. The van der Waals surface area contributed by atoms with Crippen LogP contribution in [-0.4, -0.2) is 51.5 Å². The van der Waals surface area contributed by atoms with E-state index in [1.165, 1.54) is 0 Å². The van der Waals surface area contributed by atoms with E-state index < -0.39 is 40.9 Å². The normalized spacial score (nSPS) is 20.8. The molecule has 1 N–H and O–H groups in total. The number of carboxylic acids is 1. The Kier molecular flexibility index (Phi) is 5.43. The number of alkyl halides is 3. The van der Waals surface area contributed by atoms with Gasteiger partial charge in [0.1, 0.15) is 12.0 Å². The summed E-state index contributed by atoms with van der Waals surface area (Å²) in [7, 11) is 0. The Hall–Kier alpha value is -1.25. The second-order valence-electron chi connectivity index (χ2n) is 4.42. The summed E-state index contributed by atoms with van der Waals surface area (Å²) in [6, 6.07) is -1.21. The molecule has 0 saturated carbocycles. The van der Waals surface area contributed by atoms with Crippen molar-refractivity contribution in [1.82, 2.24) is 4.90 Å². The van der Waals surface area contributed by atoms with E-state index in [-0.39, 0.29) is 13.0 Å². The van der Waals surface area contributed by atoms with Crippen LogP contribution in [0.15, 0.2) is 0 Å². The molecule has 1 aliphatic heterocycles. The summed E-state index contributed by atoms with van der Waals surface area (Å²) in [5, 5.41) is 8.38. The van der Waals surface area contributed by atoms with Crippen LogP contribution in [0.5, 0.6) is 0 Å². The molecule has 1 heterocycles. The number of hydrogen-bond donors (Lipinski definition) is 1. The van der Waals surface area contributed by atoms with E-state index in [1.54, 1.807) is 0 Å². The predicted molar refractivity (Wildman–Crippen MR) is 65.1 cm³/mol. The zero-order valence-corrected chi connectivity index (χ0v) is 11.5. The Morgan fingerprint density at radius 2 is 2.00 bits per heavy atom. The lowest BCUT2D eigenvalue weighted by Crippen LogP contribution is -2.48. The van der Waals surface area contributed by atoms with Crippen LogP contribution in [-0.2, 0) is 14.4 Å². The van der Waals surface area contributed by atoms with Crippen LogP contribution in [0.25, 0.3) is 0 Å². The number of aliphatic carboxylic acids is 1. The summed E-state index contributed by atoms with van der Waals surface area (Å²) in [4.78, 5) is 34.4. The highest BCUT2D eigenvalue weighted by atomic mass is 32.2. The van der Waals surface area contributed by atoms with Gasteiger partial charge >= 0.3 is 12.1 Å². The number of carboxylic acid groups (broad SMARTS) is 1. The van der Waals surface area contributed by atoms with Gasteiger partial charge in [-0.05, 0) is 12.8 Å². The van der Waals surface area contributed by atoms with E-state index in [9.17, 15) is 27.6 Å². The van der Waals surface area contributed by atoms with Crippen LogP contribution >= 0.6 is 11.8 Å². The first-order chi connectivity index (χ1) is 9.14. The Morgan fingerprint density at radius 1 is 1.40 bits per heavy atom. The maximum absolute atomic E-state index is 12.9. The number of thioether (sulfide) groups is 1. The standard InChI is InChI=1S/C11H14F3NO4S/c1-6(16)20-5-7(11(12,13)14)9(17)15-4-2-3-8(15)10(18)19/h7-8H,2-5H2,1H3,(H,18,19)/t7?,8-/m0/s1. The maximum Gasteiger partial charge on any atom is 0.401 e. The van der Waals surface area contributed by atoms with E-state index in [0.29, 0.717) is 18.2 Å². The largest absolute Gasteiger partial charge is 0.480 e. The summed E-state index contributed by atoms with van der Waals surface area (Å²) in [6.07, 6.45) is -4.30. The number of halogens is 3. The third kappa shape index (κ3) is 4.12. The van der Waals surface area contributed by atoms with Crippen LogP contribution in [0.2, 0.25) is 0 Å². The molecule has 1 amide bonds. The topological polar surface area (TPSA) is 74.7 Å². The molecule has 9 heteroatoms. The monoisotopic (exact) mass is 313 g/mol. The van der Waals surface area contributed by atoms with Gasteiger partial charge in [-0.3, -0.25) is 9.59 Å². The van der Waals surface area contributed by atoms with Gasteiger partial charge < -0.3 is 10.0 Å². The summed E-state index contributed by atoms with van der Waals surface area (Å²) in [6.45, 7) is 1.10. The first-order valence-corrected chi connectivity index (χ1v) is 6.86. The molecule has 1 rings (SSSR count). The van der Waals surface area contributed by atoms with Crippen molar-refractivity contribution < 1.29 is 32.7 Å². The lowest BCUT2D eigenvalue weighted by molar-refractivity contribution is -0.186. The van der Waals surface area contributed by atoms with Crippen molar-refractivity contribution in [2.24, 2.45) is 5.92 Å². The molecule has 5 nitrogen and oxygen atoms in total. The third-order valence-electron chi connectivity index (χ3n) is 2.97. The molecule has 1 fully saturated rings. The van der Waals surface area contributed by atoms with Gasteiger partial charge in [-0.2, -0.15) is 13.2 Å². The molecule has 1 aliphatic rings. The van der Waals surface area contributed by atoms with Gasteiger partial charge in [-0.25, -0.2) is 4.79 Å². The predicted octanol–water partition coefficient (Wildman–Crippen LogP) is 1.52. The second kappa shape index (κ2) is 6.47. The van der Waals surface area contributed by atoms with Crippen molar-refractivity contribution in [3.8, 4) is 0 Å². The molecule has 0 aromatic heterocycles. The van der Waals surface area contributed by atoms with Gasteiger partial charge in [0.2, 0.25) is 5.91 Å². The Morgan fingerprint density at radius 3 is 2.45 bits per heavy atom. The number of carbonyl (C=O) groups is 3. The van der Waals surface area contributed by atoms with Gasteiger partial charge in [0.25, 0.3) is 0 Å². The molecular weight excluding hydrogens is 299 g/mol. The van der Waals surface area contributed by atoms with Crippen LogP contribution in [0.4, 0.5) is 13.2 Å². The Balaban J connectivity index is 2.87. The molecule has 0 bridgehead atoms. The molecule has 20 heavy (non-hydrogen) atoms. The van der Waals surface area contributed by atoms with Gasteiger partial charge in [0.05, 0.1) is 0 Å². The van der Waals surface area contributed by atoms with Crippen molar-refractivity contribution in [3.63, 3.8) is 0 Å². The minimum absolute atomic E-state index is 0.00683. The fraction of sp³-hybridized carbons (Fsp3) is 0.727. The Labute approximate surface area is 117 Å². The Bertz CT molecular complexity index is 413. The molecule has 114 valence electrons. The molecule has 0 aromatic rings. The van der Waals surface area contributed by atoms with E-state index in [0.717, 1.165) is 11.8 Å². The molecule has 0 aliphatic carbocycles. The van der Waals surface area contributed by atoms with Crippen molar-refractivity contribution in [1.29, 1.82) is 0 Å². The lowest BCUT2D eigenvalue weighted by Gasteiger charge is -2.27. The van der Waals surface area contributed by atoms with Gasteiger partial charge in [-0.1, -0.05) is 11.8 Å². The zero-order chi connectivity index (χ0) is 15.5. The van der Waals surface area contributed by atoms with Gasteiger partial charge in [-0.15, -0.1) is 0 Å².